The number of nitrogens with zero attached hydrogens (tertiary/aromatic N) is 2. The number of thiazole rings is 1. The van der Waals surface area contributed by atoms with E-state index >= 15 is 0 Å². The molecule has 1 aromatic heterocycles. The molecule has 27 heavy (non-hydrogen) atoms. The molecule has 0 radical (unpaired) electrons. The van der Waals surface area contributed by atoms with Gasteiger partial charge in [0, 0.05) is 16.6 Å². The lowest BCUT2D eigenvalue weighted by Crippen LogP contribution is -2.18. The van der Waals surface area contributed by atoms with Crippen molar-refractivity contribution in [1.29, 1.82) is 0 Å². The number of aryl methyl sites for hydroxylation is 1. The van der Waals surface area contributed by atoms with Gasteiger partial charge in [0.2, 0.25) is 0 Å². The van der Waals surface area contributed by atoms with Crippen molar-refractivity contribution in [1.82, 2.24) is 4.98 Å². The highest BCUT2D eigenvalue weighted by atomic mass is 32.1. The Morgan fingerprint density at radius 2 is 1.96 bits per heavy atom. The molecule has 1 heterocycles. The van der Waals surface area contributed by atoms with E-state index < -0.39 is 5.85 Å². The van der Waals surface area contributed by atoms with Crippen LogP contribution in [0.15, 0.2) is 54.6 Å². The molecule has 0 aliphatic carbocycles. The summed E-state index contributed by atoms with van der Waals surface area (Å²) in [4.78, 5) is 18.2. The summed E-state index contributed by atoms with van der Waals surface area (Å²) in [5.74, 6) is -3.32. The molecule has 8 heteroatoms. The maximum Gasteiger partial charge on any atom is 0.408 e. The van der Waals surface area contributed by atoms with Crippen LogP contribution >= 0.6 is 20.6 Å². The number of benzene rings is 2. The highest BCUT2D eigenvalue weighted by molar-refractivity contribution is 7.17. The number of alkyl halides is 2. The van der Waals surface area contributed by atoms with Gasteiger partial charge in [0.05, 0.1) is 6.54 Å². The lowest BCUT2D eigenvalue weighted by molar-refractivity contribution is -0.0891. The molecule has 0 amide bonds. The molecule has 3 rings (SSSR count). The summed E-state index contributed by atoms with van der Waals surface area (Å²) in [6, 6.07) is 16.1. The Bertz CT molecular complexity index is 929. The van der Waals surface area contributed by atoms with Crippen LogP contribution in [0.3, 0.4) is 0 Å². The van der Waals surface area contributed by atoms with Crippen LogP contribution in [0.4, 0.5) is 19.6 Å². The number of ether oxygens (including phenoxy) is 1. The third-order valence-corrected chi connectivity index (χ3v) is 4.86. The van der Waals surface area contributed by atoms with E-state index in [-0.39, 0.29) is 5.75 Å². The van der Waals surface area contributed by atoms with Gasteiger partial charge in [-0.05, 0) is 33.9 Å². The van der Waals surface area contributed by atoms with E-state index in [0.717, 1.165) is 10.4 Å². The molecule has 0 saturated heterocycles. The average Bonchev–Trinajstić information content (AvgIpc) is 3.00. The molecule has 4 nitrogen and oxygen atoms in total. The minimum absolute atomic E-state index is 0.0365. The predicted octanol–water partition coefficient (Wildman–Crippen LogP) is 5.41. The van der Waals surface area contributed by atoms with Crippen LogP contribution in [0, 0.1) is 6.92 Å². The fourth-order valence-corrected chi connectivity index (χ4v) is 3.56. The van der Waals surface area contributed by atoms with Crippen LogP contribution in [0.5, 0.6) is 5.75 Å². The van der Waals surface area contributed by atoms with Crippen molar-refractivity contribution in [3.8, 4) is 5.75 Å². The molecule has 1 atom stereocenters. The van der Waals surface area contributed by atoms with Crippen LogP contribution in [0.2, 0.25) is 0 Å². The Morgan fingerprint density at radius 1 is 1.22 bits per heavy atom. The van der Waals surface area contributed by atoms with E-state index in [1.165, 1.54) is 32.7 Å². The highest BCUT2D eigenvalue weighted by Gasteiger charge is 2.24. The molecule has 0 saturated carbocycles. The smallest absolute Gasteiger partial charge is 0.408 e. The van der Waals surface area contributed by atoms with Crippen molar-refractivity contribution >= 4 is 37.7 Å². The third kappa shape index (κ3) is 5.08. The van der Waals surface area contributed by atoms with E-state index in [1.54, 1.807) is 12.1 Å². The topological polar surface area (TPSA) is 42.4 Å². The van der Waals surface area contributed by atoms with Crippen LogP contribution in [-0.2, 0) is 6.54 Å². The molecule has 0 N–H and O–H groups in total. The zero-order valence-corrected chi connectivity index (χ0v) is 16.4. The average molecular weight is 406 g/mol. The second kappa shape index (κ2) is 8.11. The molecule has 0 aliphatic rings. The summed E-state index contributed by atoms with van der Waals surface area (Å²) in [6.45, 7) is 2.28. The van der Waals surface area contributed by atoms with Gasteiger partial charge >= 0.3 is 5.85 Å². The fourth-order valence-electron chi connectivity index (χ4n) is 2.53. The maximum atomic E-state index is 13.2. The SMILES string of the molecule is Cc1sc(N(Cc2ccccc2)c2cccc(OC(F)(F)P)c2)nc1C=O. The second-order valence-electron chi connectivity index (χ2n) is 5.79. The van der Waals surface area contributed by atoms with E-state index in [4.69, 9.17) is 0 Å². The lowest BCUT2D eigenvalue weighted by Gasteiger charge is -2.23. The Balaban J connectivity index is 2.01. The Hall–Kier alpha value is -2.37. The van der Waals surface area contributed by atoms with Gasteiger partial charge in [0.25, 0.3) is 0 Å². The minimum atomic E-state index is -3.36. The van der Waals surface area contributed by atoms with Crippen LogP contribution in [0.1, 0.15) is 20.9 Å². The lowest BCUT2D eigenvalue weighted by atomic mass is 10.2. The summed E-state index contributed by atoms with van der Waals surface area (Å²) in [6.07, 6.45) is 0.713. The maximum absolute atomic E-state index is 13.2. The van der Waals surface area contributed by atoms with Gasteiger partial charge < -0.3 is 9.64 Å². The number of halogens is 2. The van der Waals surface area contributed by atoms with Crippen molar-refractivity contribution in [2.45, 2.75) is 19.3 Å². The van der Waals surface area contributed by atoms with Gasteiger partial charge in [-0.1, -0.05) is 36.4 Å². The van der Waals surface area contributed by atoms with Gasteiger partial charge in [0.15, 0.2) is 11.4 Å². The molecule has 140 valence electrons. The molecule has 0 bridgehead atoms. The van der Waals surface area contributed by atoms with E-state index in [1.807, 2.05) is 42.2 Å². The molecule has 0 aliphatic heterocycles. The summed E-state index contributed by atoms with van der Waals surface area (Å²) in [5, 5.41) is 0.605. The number of aromatic nitrogens is 1. The zero-order valence-electron chi connectivity index (χ0n) is 14.4. The first-order chi connectivity index (χ1) is 12.9. The van der Waals surface area contributed by atoms with Crippen LogP contribution in [-0.4, -0.2) is 17.1 Å². The molecule has 0 spiro atoms. The molecular weight excluding hydrogens is 389 g/mol. The summed E-state index contributed by atoms with van der Waals surface area (Å²) >= 11 is 1.37. The predicted molar refractivity (Wildman–Crippen MR) is 106 cm³/mol. The van der Waals surface area contributed by atoms with E-state index in [9.17, 15) is 13.6 Å². The largest absolute Gasteiger partial charge is 0.430 e. The van der Waals surface area contributed by atoms with Gasteiger partial charge in [-0.2, -0.15) is 8.78 Å². The van der Waals surface area contributed by atoms with Crippen molar-refractivity contribution in [3.63, 3.8) is 0 Å². The fraction of sp³-hybridized carbons (Fsp3) is 0.158. The Morgan fingerprint density at radius 3 is 2.59 bits per heavy atom. The van der Waals surface area contributed by atoms with Gasteiger partial charge in [0.1, 0.15) is 11.4 Å². The zero-order chi connectivity index (χ0) is 19.4. The number of hydrogen-bond donors (Lipinski definition) is 0. The summed E-state index contributed by atoms with van der Waals surface area (Å²) in [7, 11) is 1.36. The van der Waals surface area contributed by atoms with Crippen LogP contribution < -0.4 is 9.64 Å². The molecular formula is C19H17F2N2O2PS. The minimum Gasteiger partial charge on any atom is -0.430 e. The number of rotatable bonds is 7. The van der Waals surface area contributed by atoms with Gasteiger partial charge in [-0.25, -0.2) is 4.98 Å². The Kier molecular flexibility index (Phi) is 5.82. The summed E-state index contributed by atoms with van der Waals surface area (Å²) < 4.78 is 31.0. The number of carbonyl (C=O) groups is 1. The first kappa shape index (κ1) is 19.4. The third-order valence-electron chi connectivity index (χ3n) is 3.73. The number of hydrogen-bond acceptors (Lipinski definition) is 5. The quantitative estimate of drug-likeness (QED) is 0.389. The first-order valence-corrected chi connectivity index (χ1v) is 9.45. The number of carbonyl (C=O) groups excluding carboxylic acids is 1. The van der Waals surface area contributed by atoms with Crippen molar-refractivity contribution < 1.29 is 18.3 Å². The monoisotopic (exact) mass is 406 g/mol. The van der Waals surface area contributed by atoms with Gasteiger partial charge in [-0.3, -0.25) is 4.79 Å². The number of anilines is 2. The molecule has 1 unspecified atom stereocenters. The molecule has 0 fully saturated rings. The first-order valence-electron chi connectivity index (χ1n) is 8.05. The van der Waals surface area contributed by atoms with E-state index in [0.29, 0.717) is 29.3 Å². The standard InChI is InChI=1S/C19H17F2N2O2PS/c1-13-17(12-24)22-18(27-13)23(11-14-6-3-2-4-7-14)15-8-5-9-16(10-15)25-19(20,21)26/h2-10,12H,11,26H2,1H3. The Labute approximate surface area is 162 Å². The summed E-state index contributed by atoms with van der Waals surface area (Å²) in [5.41, 5.74) is 2.02. The number of aldehydes is 1. The van der Waals surface area contributed by atoms with Crippen molar-refractivity contribution in [2.24, 2.45) is 0 Å². The van der Waals surface area contributed by atoms with Crippen LogP contribution in [0.25, 0.3) is 0 Å². The second-order valence-corrected chi connectivity index (χ2v) is 7.64. The van der Waals surface area contributed by atoms with Crippen molar-refractivity contribution in [2.75, 3.05) is 4.90 Å². The van der Waals surface area contributed by atoms with E-state index in [2.05, 4.69) is 9.72 Å². The normalized spacial score (nSPS) is 11.3. The highest BCUT2D eigenvalue weighted by Crippen LogP contribution is 2.35. The van der Waals surface area contributed by atoms with Crippen molar-refractivity contribution in [3.05, 3.63) is 70.7 Å². The molecule has 3 aromatic rings. The van der Waals surface area contributed by atoms with Gasteiger partial charge in [-0.15, -0.1) is 11.3 Å². The molecule has 2 aromatic carbocycles.